The molecule has 3 heterocycles. The Morgan fingerprint density at radius 1 is 1.21 bits per heavy atom. The van der Waals surface area contributed by atoms with E-state index < -0.39 is 0 Å². The molecule has 1 saturated heterocycles. The SMILES string of the molecule is CC(NC(=O)c1csc(-c2ccnc(N3CCOCC3)c2)n1)c1ccccc1. The van der Waals surface area contributed by atoms with E-state index in [1.165, 1.54) is 11.3 Å². The number of nitrogens with one attached hydrogen (secondary N) is 1. The van der Waals surface area contributed by atoms with Gasteiger partial charge in [-0.1, -0.05) is 30.3 Å². The van der Waals surface area contributed by atoms with Crippen molar-refractivity contribution in [2.45, 2.75) is 13.0 Å². The molecule has 1 amide bonds. The summed E-state index contributed by atoms with van der Waals surface area (Å²) in [6, 6.07) is 13.8. The number of nitrogens with zero attached hydrogens (tertiary/aromatic N) is 3. The van der Waals surface area contributed by atoms with E-state index in [4.69, 9.17) is 4.74 Å². The largest absolute Gasteiger partial charge is 0.378 e. The molecule has 3 aromatic rings. The van der Waals surface area contributed by atoms with Crippen molar-refractivity contribution in [1.82, 2.24) is 15.3 Å². The highest BCUT2D eigenvalue weighted by Gasteiger charge is 2.17. The first-order valence-electron chi connectivity index (χ1n) is 9.31. The number of rotatable bonds is 5. The van der Waals surface area contributed by atoms with Crippen LogP contribution in [-0.4, -0.2) is 42.2 Å². The Balaban J connectivity index is 1.47. The Hall–Kier alpha value is -2.77. The van der Waals surface area contributed by atoms with Gasteiger partial charge >= 0.3 is 0 Å². The van der Waals surface area contributed by atoms with Crippen LogP contribution >= 0.6 is 11.3 Å². The van der Waals surface area contributed by atoms with Crippen LogP contribution in [0, 0.1) is 0 Å². The lowest BCUT2D eigenvalue weighted by Gasteiger charge is -2.27. The van der Waals surface area contributed by atoms with Crippen molar-refractivity contribution in [3.63, 3.8) is 0 Å². The first-order valence-corrected chi connectivity index (χ1v) is 10.2. The van der Waals surface area contributed by atoms with E-state index in [-0.39, 0.29) is 11.9 Å². The fourth-order valence-corrected chi connectivity index (χ4v) is 3.92. The number of carbonyl (C=O) groups is 1. The van der Waals surface area contributed by atoms with Gasteiger partial charge in [0.2, 0.25) is 0 Å². The summed E-state index contributed by atoms with van der Waals surface area (Å²) in [6.07, 6.45) is 1.79. The third-order valence-electron chi connectivity index (χ3n) is 4.71. The molecule has 0 radical (unpaired) electrons. The molecule has 1 unspecified atom stereocenters. The van der Waals surface area contributed by atoms with Gasteiger partial charge in [0.25, 0.3) is 5.91 Å². The molecule has 1 aliphatic rings. The van der Waals surface area contributed by atoms with Crippen LogP contribution in [0.4, 0.5) is 5.82 Å². The van der Waals surface area contributed by atoms with Crippen LogP contribution in [0.2, 0.25) is 0 Å². The lowest BCUT2D eigenvalue weighted by molar-refractivity contribution is 0.0935. The van der Waals surface area contributed by atoms with Gasteiger partial charge in [-0.2, -0.15) is 0 Å². The molecule has 1 fully saturated rings. The zero-order chi connectivity index (χ0) is 19.3. The number of pyridine rings is 1. The lowest BCUT2D eigenvalue weighted by Crippen LogP contribution is -2.36. The zero-order valence-electron chi connectivity index (χ0n) is 15.7. The van der Waals surface area contributed by atoms with Crippen LogP contribution in [0.25, 0.3) is 10.6 Å². The van der Waals surface area contributed by atoms with Gasteiger partial charge in [-0.15, -0.1) is 11.3 Å². The second kappa shape index (κ2) is 8.50. The van der Waals surface area contributed by atoms with E-state index in [2.05, 4.69) is 20.2 Å². The van der Waals surface area contributed by atoms with E-state index in [0.717, 1.165) is 35.0 Å². The summed E-state index contributed by atoms with van der Waals surface area (Å²) in [4.78, 5) is 23.8. The minimum absolute atomic E-state index is 0.0762. The molecule has 7 heteroatoms. The van der Waals surface area contributed by atoms with Crippen molar-refractivity contribution >= 4 is 23.1 Å². The van der Waals surface area contributed by atoms with Gasteiger partial charge in [-0.05, 0) is 24.6 Å². The van der Waals surface area contributed by atoms with Crippen LogP contribution < -0.4 is 10.2 Å². The number of anilines is 1. The van der Waals surface area contributed by atoms with E-state index in [1.54, 1.807) is 11.6 Å². The van der Waals surface area contributed by atoms with Crippen molar-refractivity contribution in [1.29, 1.82) is 0 Å². The molecule has 2 aromatic heterocycles. The normalized spacial score (nSPS) is 15.2. The molecule has 1 atom stereocenters. The second-order valence-electron chi connectivity index (χ2n) is 6.65. The molecule has 28 heavy (non-hydrogen) atoms. The van der Waals surface area contributed by atoms with E-state index in [1.807, 2.05) is 49.4 Å². The minimum atomic E-state index is -0.165. The predicted molar refractivity (Wildman–Crippen MR) is 111 cm³/mol. The van der Waals surface area contributed by atoms with Gasteiger partial charge in [0.05, 0.1) is 19.3 Å². The number of morpholine rings is 1. The second-order valence-corrected chi connectivity index (χ2v) is 7.50. The summed E-state index contributed by atoms with van der Waals surface area (Å²) in [5.41, 5.74) is 2.47. The van der Waals surface area contributed by atoms with Gasteiger partial charge in [0.15, 0.2) is 0 Å². The summed E-state index contributed by atoms with van der Waals surface area (Å²) < 4.78 is 5.41. The molecule has 0 spiro atoms. The smallest absolute Gasteiger partial charge is 0.271 e. The maximum absolute atomic E-state index is 12.6. The average molecular weight is 395 g/mol. The molecular formula is C21H22N4O2S. The molecule has 1 N–H and O–H groups in total. The van der Waals surface area contributed by atoms with E-state index in [9.17, 15) is 4.79 Å². The Kier molecular flexibility index (Phi) is 5.64. The first-order chi connectivity index (χ1) is 13.7. The number of benzene rings is 1. The Morgan fingerprint density at radius 2 is 2.00 bits per heavy atom. The Labute approximate surface area is 168 Å². The van der Waals surface area contributed by atoms with Crippen LogP contribution in [-0.2, 0) is 4.74 Å². The van der Waals surface area contributed by atoms with Crippen LogP contribution in [0.3, 0.4) is 0 Å². The minimum Gasteiger partial charge on any atom is -0.378 e. The molecule has 4 rings (SSSR count). The average Bonchev–Trinajstić information content (AvgIpc) is 3.26. The van der Waals surface area contributed by atoms with Gasteiger partial charge in [-0.25, -0.2) is 9.97 Å². The van der Waals surface area contributed by atoms with Crippen molar-refractivity contribution in [2.75, 3.05) is 31.2 Å². The van der Waals surface area contributed by atoms with Gasteiger partial charge in [0.1, 0.15) is 16.5 Å². The molecular weight excluding hydrogens is 372 g/mol. The number of ether oxygens (including phenoxy) is 1. The Bertz CT molecular complexity index is 938. The monoisotopic (exact) mass is 394 g/mol. The zero-order valence-corrected chi connectivity index (χ0v) is 16.5. The molecule has 1 aliphatic heterocycles. The highest BCUT2D eigenvalue weighted by molar-refractivity contribution is 7.13. The molecule has 144 valence electrons. The number of aromatic nitrogens is 2. The fraction of sp³-hybridized carbons (Fsp3) is 0.286. The summed E-state index contributed by atoms with van der Waals surface area (Å²) >= 11 is 1.47. The van der Waals surface area contributed by atoms with E-state index in [0.29, 0.717) is 18.9 Å². The van der Waals surface area contributed by atoms with Crippen molar-refractivity contribution in [2.24, 2.45) is 0 Å². The Morgan fingerprint density at radius 3 is 2.79 bits per heavy atom. The summed E-state index contributed by atoms with van der Waals surface area (Å²) in [5.74, 6) is 0.751. The highest BCUT2D eigenvalue weighted by atomic mass is 32.1. The summed E-state index contributed by atoms with van der Waals surface area (Å²) in [6.45, 7) is 5.07. The van der Waals surface area contributed by atoms with Crippen LogP contribution in [0.15, 0.2) is 54.0 Å². The molecule has 6 nitrogen and oxygen atoms in total. The molecule has 0 saturated carbocycles. The van der Waals surface area contributed by atoms with Crippen molar-refractivity contribution in [3.8, 4) is 10.6 Å². The maximum Gasteiger partial charge on any atom is 0.271 e. The topological polar surface area (TPSA) is 67.4 Å². The van der Waals surface area contributed by atoms with Crippen LogP contribution in [0.5, 0.6) is 0 Å². The van der Waals surface area contributed by atoms with Crippen LogP contribution in [0.1, 0.15) is 29.0 Å². The fourth-order valence-electron chi connectivity index (χ4n) is 3.12. The third kappa shape index (κ3) is 4.21. The van der Waals surface area contributed by atoms with Gasteiger partial charge in [-0.3, -0.25) is 4.79 Å². The number of amides is 1. The highest BCUT2D eigenvalue weighted by Crippen LogP contribution is 2.27. The first kappa shape index (κ1) is 18.6. The van der Waals surface area contributed by atoms with Crippen molar-refractivity contribution < 1.29 is 9.53 Å². The number of thiazole rings is 1. The molecule has 0 bridgehead atoms. The standard InChI is InChI=1S/C21H22N4O2S/c1-15(16-5-3-2-4-6-16)23-20(26)18-14-28-21(24-18)17-7-8-22-19(13-17)25-9-11-27-12-10-25/h2-8,13-15H,9-12H2,1H3,(H,23,26). The van der Waals surface area contributed by atoms with Gasteiger partial charge in [0, 0.05) is 30.2 Å². The maximum atomic E-state index is 12.6. The quantitative estimate of drug-likeness (QED) is 0.717. The molecule has 0 aliphatic carbocycles. The number of carbonyl (C=O) groups excluding carboxylic acids is 1. The molecule has 1 aromatic carbocycles. The summed E-state index contributed by atoms with van der Waals surface area (Å²) in [5, 5.41) is 5.63. The van der Waals surface area contributed by atoms with E-state index >= 15 is 0 Å². The summed E-state index contributed by atoms with van der Waals surface area (Å²) in [7, 11) is 0. The predicted octanol–water partition coefficient (Wildman–Crippen LogP) is 3.53. The lowest BCUT2D eigenvalue weighted by atomic mass is 10.1. The van der Waals surface area contributed by atoms with Gasteiger partial charge < -0.3 is 15.0 Å². The number of hydrogen-bond acceptors (Lipinski definition) is 6. The third-order valence-corrected chi connectivity index (χ3v) is 5.60. The van der Waals surface area contributed by atoms with Crippen molar-refractivity contribution in [3.05, 3.63) is 65.3 Å². The number of hydrogen-bond donors (Lipinski definition) is 1.